The van der Waals surface area contributed by atoms with Crippen LogP contribution in [0.25, 0.3) is 0 Å². The summed E-state index contributed by atoms with van der Waals surface area (Å²) < 4.78 is 18.5. The van der Waals surface area contributed by atoms with Crippen molar-refractivity contribution in [1.29, 1.82) is 0 Å². The van der Waals surface area contributed by atoms with E-state index in [-0.39, 0.29) is 5.46 Å². The van der Waals surface area contributed by atoms with Gasteiger partial charge in [0.25, 0.3) is 0 Å². The first-order valence-electron chi connectivity index (χ1n) is 5.32. The third-order valence-corrected chi connectivity index (χ3v) is 2.35. The number of hydrogen-bond donors (Lipinski definition) is 0. The summed E-state index contributed by atoms with van der Waals surface area (Å²) in [4.78, 5) is 4.00. The molecule has 1 heterocycles. The number of benzene rings is 1. The van der Waals surface area contributed by atoms with E-state index in [0.717, 1.165) is 12.0 Å². The summed E-state index contributed by atoms with van der Waals surface area (Å²) in [7, 11) is 5.37. The zero-order valence-corrected chi connectivity index (χ0v) is 9.27. The smallest absolute Gasteiger partial charge is 0.122 e. The van der Waals surface area contributed by atoms with Crippen LogP contribution in [0.3, 0.4) is 0 Å². The molecule has 0 atom stereocenters. The third-order valence-electron chi connectivity index (χ3n) is 2.35. The zero-order valence-electron chi connectivity index (χ0n) is 9.27. The van der Waals surface area contributed by atoms with E-state index < -0.39 is 5.82 Å². The molecule has 4 heteroatoms. The Bertz CT molecular complexity index is 490. The Kier molecular flexibility index (Phi) is 3.75. The summed E-state index contributed by atoms with van der Waals surface area (Å²) >= 11 is 0. The molecule has 2 nitrogen and oxygen atoms in total. The van der Waals surface area contributed by atoms with Crippen LogP contribution in [0.15, 0.2) is 42.7 Å². The average molecular weight is 227 g/mol. The van der Waals surface area contributed by atoms with E-state index >= 15 is 0 Å². The molecule has 1 aromatic carbocycles. The quantitative estimate of drug-likeness (QED) is 0.740. The molecule has 2 rings (SSSR count). The van der Waals surface area contributed by atoms with E-state index in [9.17, 15) is 4.39 Å². The lowest BCUT2D eigenvalue weighted by Gasteiger charge is -2.07. The van der Waals surface area contributed by atoms with Gasteiger partial charge in [-0.2, -0.15) is 0 Å². The Hall–Kier alpha value is -1.84. The molecule has 0 spiro atoms. The van der Waals surface area contributed by atoms with Crippen molar-refractivity contribution in [1.82, 2.24) is 4.98 Å². The van der Waals surface area contributed by atoms with E-state index in [4.69, 9.17) is 12.6 Å². The Morgan fingerprint density at radius 3 is 2.88 bits per heavy atom. The zero-order chi connectivity index (χ0) is 12.1. The first-order valence-corrected chi connectivity index (χ1v) is 5.32. The highest BCUT2D eigenvalue weighted by atomic mass is 19.1. The van der Waals surface area contributed by atoms with Crippen LogP contribution in [0.2, 0.25) is 0 Å². The van der Waals surface area contributed by atoms with Gasteiger partial charge in [-0.15, -0.1) is 0 Å². The molecule has 0 amide bonds. The topological polar surface area (TPSA) is 22.1 Å². The normalized spacial score (nSPS) is 10.2. The maximum atomic E-state index is 13.1. The van der Waals surface area contributed by atoms with E-state index in [1.807, 2.05) is 12.1 Å². The van der Waals surface area contributed by atoms with Crippen molar-refractivity contribution in [3.63, 3.8) is 0 Å². The Morgan fingerprint density at radius 2 is 2.18 bits per heavy atom. The van der Waals surface area contributed by atoms with E-state index in [1.54, 1.807) is 18.5 Å². The van der Waals surface area contributed by atoms with Gasteiger partial charge in [0.1, 0.15) is 19.4 Å². The predicted molar refractivity (Wildman–Crippen MR) is 65.2 cm³/mol. The largest absolute Gasteiger partial charge is 0.493 e. The number of halogens is 1. The Balaban J connectivity index is 1.88. The van der Waals surface area contributed by atoms with E-state index in [0.29, 0.717) is 12.4 Å². The minimum absolute atomic E-state index is 0.129. The molecule has 2 radical (unpaired) electrons. The monoisotopic (exact) mass is 227 g/mol. The van der Waals surface area contributed by atoms with Gasteiger partial charge in [-0.05, 0) is 17.7 Å². The van der Waals surface area contributed by atoms with E-state index in [2.05, 4.69) is 4.98 Å². The second kappa shape index (κ2) is 5.48. The highest BCUT2D eigenvalue weighted by Gasteiger charge is 2.00. The van der Waals surface area contributed by atoms with Crippen molar-refractivity contribution < 1.29 is 9.13 Å². The Morgan fingerprint density at radius 1 is 1.29 bits per heavy atom. The van der Waals surface area contributed by atoms with Crippen LogP contribution in [0.4, 0.5) is 4.39 Å². The second-order valence-corrected chi connectivity index (χ2v) is 3.64. The minimum Gasteiger partial charge on any atom is -0.493 e. The molecule has 1 aromatic heterocycles. The number of nitrogens with zero attached hydrogens (tertiary/aromatic N) is 1. The second-order valence-electron chi connectivity index (χ2n) is 3.64. The molecule has 84 valence electrons. The molecule has 17 heavy (non-hydrogen) atoms. The summed E-state index contributed by atoms with van der Waals surface area (Å²) in [6.07, 6.45) is 4.24. The number of pyridine rings is 1. The molecule has 2 aromatic rings. The molecule has 0 saturated heterocycles. The first-order chi connectivity index (χ1) is 8.25. The molecule has 0 saturated carbocycles. The summed E-state index contributed by atoms with van der Waals surface area (Å²) in [6.45, 7) is 0.481. The van der Waals surface area contributed by atoms with Crippen LogP contribution in [0, 0.1) is 5.82 Å². The lowest BCUT2D eigenvalue weighted by Crippen LogP contribution is -2.09. The van der Waals surface area contributed by atoms with Crippen molar-refractivity contribution in [2.24, 2.45) is 0 Å². The van der Waals surface area contributed by atoms with Gasteiger partial charge in [0.2, 0.25) is 0 Å². The van der Waals surface area contributed by atoms with Crippen molar-refractivity contribution in [3.05, 3.63) is 54.1 Å². The molecule has 0 bridgehead atoms. The fourth-order valence-electron chi connectivity index (χ4n) is 1.43. The molecular formula is C13H11BFNO. The van der Waals surface area contributed by atoms with Gasteiger partial charge in [0.05, 0.1) is 6.61 Å². The number of hydrogen-bond acceptors (Lipinski definition) is 2. The summed E-state index contributed by atoms with van der Waals surface area (Å²) in [5.41, 5.74) is 1.22. The van der Waals surface area contributed by atoms with Gasteiger partial charge >= 0.3 is 0 Å². The van der Waals surface area contributed by atoms with Crippen LogP contribution in [0.1, 0.15) is 5.56 Å². The lowest BCUT2D eigenvalue weighted by molar-refractivity contribution is 0.320. The van der Waals surface area contributed by atoms with Crippen molar-refractivity contribution >= 4 is 13.3 Å². The third kappa shape index (κ3) is 3.31. The van der Waals surface area contributed by atoms with Crippen LogP contribution >= 0.6 is 0 Å². The van der Waals surface area contributed by atoms with Gasteiger partial charge in [0.15, 0.2) is 0 Å². The Labute approximate surface area is 101 Å². The van der Waals surface area contributed by atoms with Gasteiger partial charge < -0.3 is 4.74 Å². The van der Waals surface area contributed by atoms with Crippen LogP contribution < -0.4 is 10.2 Å². The van der Waals surface area contributed by atoms with Gasteiger partial charge in [-0.25, -0.2) is 4.39 Å². The first kappa shape index (κ1) is 11.6. The maximum absolute atomic E-state index is 13.1. The lowest BCUT2D eigenvalue weighted by atomic mass is 9.96. The number of ether oxygens (including phenoxy) is 1. The van der Waals surface area contributed by atoms with Gasteiger partial charge in [-0.1, -0.05) is 17.6 Å². The molecule has 0 fully saturated rings. The summed E-state index contributed by atoms with van der Waals surface area (Å²) in [6, 6.07) is 8.28. The summed E-state index contributed by atoms with van der Waals surface area (Å²) in [5.74, 6) is 0.0319. The van der Waals surface area contributed by atoms with Crippen LogP contribution in [-0.4, -0.2) is 19.4 Å². The molecule has 0 aliphatic heterocycles. The highest BCUT2D eigenvalue weighted by Crippen LogP contribution is 2.10. The average Bonchev–Trinajstić information content (AvgIpc) is 2.35. The standard InChI is InChI=1S/C13H11BFNO/c14-12-4-3-11(8-13(12)15)17-7-5-10-2-1-6-16-9-10/h1-4,6,8-9H,5,7H2. The fourth-order valence-corrected chi connectivity index (χ4v) is 1.43. The van der Waals surface area contributed by atoms with Crippen LogP contribution in [-0.2, 0) is 6.42 Å². The van der Waals surface area contributed by atoms with Gasteiger partial charge in [-0.3, -0.25) is 4.98 Å². The van der Waals surface area contributed by atoms with E-state index in [1.165, 1.54) is 12.1 Å². The molecule has 0 aliphatic rings. The fraction of sp³-hybridized carbons (Fsp3) is 0.154. The van der Waals surface area contributed by atoms with Crippen LogP contribution in [0.5, 0.6) is 5.75 Å². The number of aromatic nitrogens is 1. The van der Waals surface area contributed by atoms with Gasteiger partial charge in [0, 0.05) is 24.9 Å². The molecule has 0 N–H and O–H groups in total. The predicted octanol–water partition coefficient (Wildman–Crippen LogP) is 1.64. The molecule has 0 unspecified atom stereocenters. The molecular weight excluding hydrogens is 216 g/mol. The molecule has 0 aliphatic carbocycles. The summed E-state index contributed by atoms with van der Waals surface area (Å²) in [5, 5.41) is 0. The minimum atomic E-state index is -0.455. The SMILES string of the molecule is [B]c1ccc(OCCc2cccnc2)cc1F. The van der Waals surface area contributed by atoms with Crippen molar-refractivity contribution in [3.8, 4) is 5.75 Å². The maximum Gasteiger partial charge on any atom is 0.122 e. The van der Waals surface area contributed by atoms with Crippen molar-refractivity contribution in [2.45, 2.75) is 6.42 Å². The van der Waals surface area contributed by atoms with Crippen molar-refractivity contribution in [2.75, 3.05) is 6.61 Å². The highest BCUT2D eigenvalue weighted by molar-refractivity contribution is 6.32. The number of rotatable bonds is 4.